The molecule has 0 radical (unpaired) electrons. The molecule has 0 aliphatic rings. The summed E-state index contributed by atoms with van der Waals surface area (Å²) in [4.78, 5) is 16.2. The fourth-order valence-electron chi connectivity index (χ4n) is 3.43. The van der Waals surface area contributed by atoms with Gasteiger partial charge in [0, 0.05) is 22.9 Å². The minimum atomic E-state index is -4.00. The molecule has 0 saturated carbocycles. The first-order chi connectivity index (χ1) is 14.9. The van der Waals surface area contributed by atoms with Crippen LogP contribution in [0, 0.1) is 0 Å². The van der Waals surface area contributed by atoms with Crippen LogP contribution in [0.4, 0.5) is 0 Å². The average Bonchev–Trinajstić information content (AvgIpc) is 2.78. The van der Waals surface area contributed by atoms with Crippen LogP contribution in [-0.2, 0) is 26.0 Å². The summed E-state index contributed by atoms with van der Waals surface area (Å²) in [6.45, 7) is 0.999. The van der Waals surface area contributed by atoms with Crippen molar-refractivity contribution in [3.8, 4) is 11.1 Å². The lowest BCUT2D eigenvalue weighted by Crippen LogP contribution is -2.12. The second-order valence-electron chi connectivity index (χ2n) is 6.89. The van der Waals surface area contributed by atoms with Crippen LogP contribution in [0.25, 0.3) is 22.0 Å². The Morgan fingerprint density at radius 2 is 1.61 bits per heavy atom. The number of hydrogen-bond donors (Lipinski definition) is 0. The Kier molecular flexibility index (Phi) is 5.76. The third-order valence-corrected chi connectivity index (χ3v) is 6.87. The number of benzene rings is 3. The van der Waals surface area contributed by atoms with Gasteiger partial charge in [0.05, 0.1) is 16.1 Å². The molecular formula is C24H18ClNO4S. The van der Waals surface area contributed by atoms with Crippen LogP contribution >= 0.6 is 11.6 Å². The highest BCUT2D eigenvalue weighted by Crippen LogP contribution is 2.39. The summed E-state index contributed by atoms with van der Waals surface area (Å²) in [5.74, 6) is -0.526. The standard InChI is InChI=1S/C24H18ClNO4S/c1-16(27)30-15-22-24(31(28,29)19-10-6-3-7-11-19)23(17-8-4-2-5-9-17)20-14-18(25)12-13-21(20)26-22/h2-14H,15H2,1H3. The van der Waals surface area contributed by atoms with Crippen molar-refractivity contribution in [2.24, 2.45) is 0 Å². The Bertz CT molecular complexity index is 1370. The van der Waals surface area contributed by atoms with Crippen molar-refractivity contribution in [3.63, 3.8) is 0 Å². The van der Waals surface area contributed by atoms with E-state index in [0.29, 0.717) is 27.1 Å². The molecule has 1 aromatic heterocycles. The number of halogens is 1. The molecule has 0 bridgehead atoms. The summed E-state index contributed by atoms with van der Waals surface area (Å²) in [5, 5.41) is 1.06. The van der Waals surface area contributed by atoms with Gasteiger partial charge in [-0.3, -0.25) is 4.79 Å². The van der Waals surface area contributed by atoms with E-state index in [1.165, 1.54) is 19.1 Å². The number of nitrogens with zero attached hydrogens (tertiary/aromatic N) is 1. The zero-order valence-electron chi connectivity index (χ0n) is 16.6. The number of pyridine rings is 1. The van der Waals surface area contributed by atoms with E-state index in [1.54, 1.807) is 36.4 Å². The molecule has 4 rings (SSSR count). The van der Waals surface area contributed by atoms with E-state index in [4.69, 9.17) is 16.3 Å². The molecule has 0 aliphatic heterocycles. The van der Waals surface area contributed by atoms with Gasteiger partial charge in [0.2, 0.25) is 9.84 Å². The van der Waals surface area contributed by atoms with Gasteiger partial charge in [-0.15, -0.1) is 0 Å². The molecule has 0 saturated heterocycles. The van der Waals surface area contributed by atoms with Gasteiger partial charge >= 0.3 is 5.97 Å². The van der Waals surface area contributed by atoms with Crippen molar-refractivity contribution in [2.45, 2.75) is 23.3 Å². The van der Waals surface area contributed by atoms with E-state index in [9.17, 15) is 13.2 Å². The number of aromatic nitrogens is 1. The molecule has 0 amide bonds. The SMILES string of the molecule is CC(=O)OCc1nc2ccc(Cl)cc2c(-c2ccccc2)c1S(=O)(=O)c1ccccc1. The van der Waals surface area contributed by atoms with Gasteiger partial charge in [-0.25, -0.2) is 13.4 Å². The first kappa shape index (κ1) is 21.0. The number of rotatable bonds is 5. The predicted molar refractivity (Wildman–Crippen MR) is 120 cm³/mol. The monoisotopic (exact) mass is 451 g/mol. The molecule has 0 fully saturated rings. The second kappa shape index (κ2) is 8.49. The number of carbonyl (C=O) groups is 1. The predicted octanol–water partition coefficient (Wildman–Crippen LogP) is 5.45. The topological polar surface area (TPSA) is 73.3 Å². The van der Waals surface area contributed by atoms with Crippen LogP contribution in [0.5, 0.6) is 0 Å². The molecule has 3 aromatic carbocycles. The molecule has 0 atom stereocenters. The highest BCUT2D eigenvalue weighted by Gasteiger charge is 2.29. The molecule has 0 aliphatic carbocycles. The Balaban J connectivity index is 2.15. The second-order valence-corrected chi connectivity index (χ2v) is 9.21. The fourth-order valence-corrected chi connectivity index (χ4v) is 5.27. The molecule has 1 heterocycles. The van der Waals surface area contributed by atoms with Gasteiger partial charge in [0.1, 0.15) is 11.5 Å². The molecule has 0 spiro atoms. The number of fused-ring (bicyclic) bond motifs is 1. The van der Waals surface area contributed by atoms with E-state index in [0.717, 1.165) is 0 Å². The molecule has 0 N–H and O–H groups in total. The van der Waals surface area contributed by atoms with Crippen LogP contribution in [0.1, 0.15) is 12.6 Å². The first-order valence-corrected chi connectivity index (χ1v) is 11.3. The van der Waals surface area contributed by atoms with Crippen molar-refractivity contribution < 1.29 is 17.9 Å². The van der Waals surface area contributed by atoms with Gasteiger partial charge in [-0.1, -0.05) is 60.1 Å². The lowest BCUT2D eigenvalue weighted by atomic mass is 10.00. The van der Waals surface area contributed by atoms with Crippen LogP contribution in [0.2, 0.25) is 5.02 Å². The summed E-state index contributed by atoms with van der Waals surface area (Å²) >= 11 is 6.26. The van der Waals surface area contributed by atoms with E-state index < -0.39 is 15.8 Å². The first-order valence-electron chi connectivity index (χ1n) is 9.49. The van der Waals surface area contributed by atoms with Crippen molar-refractivity contribution in [2.75, 3.05) is 0 Å². The van der Waals surface area contributed by atoms with Crippen molar-refractivity contribution in [1.82, 2.24) is 4.98 Å². The fraction of sp³-hybridized carbons (Fsp3) is 0.0833. The maximum Gasteiger partial charge on any atom is 0.303 e. The Morgan fingerprint density at radius 3 is 2.26 bits per heavy atom. The zero-order chi connectivity index (χ0) is 22.0. The molecule has 0 unspecified atom stereocenters. The normalized spacial score (nSPS) is 11.4. The Hall–Kier alpha value is -3.22. The highest BCUT2D eigenvalue weighted by molar-refractivity contribution is 7.91. The van der Waals surface area contributed by atoms with Gasteiger partial charge in [-0.05, 0) is 35.9 Å². The van der Waals surface area contributed by atoms with Gasteiger partial charge in [0.25, 0.3) is 0 Å². The quantitative estimate of drug-likeness (QED) is 0.377. The van der Waals surface area contributed by atoms with E-state index in [2.05, 4.69) is 4.98 Å². The minimum absolute atomic E-state index is 0.000849. The molecule has 5 nitrogen and oxygen atoms in total. The smallest absolute Gasteiger partial charge is 0.303 e. The number of esters is 1. The number of carbonyl (C=O) groups excluding carboxylic acids is 1. The lowest BCUT2D eigenvalue weighted by molar-refractivity contribution is -0.142. The average molecular weight is 452 g/mol. The Morgan fingerprint density at radius 1 is 0.968 bits per heavy atom. The highest BCUT2D eigenvalue weighted by atomic mass is 35.5. The van der Waals surface area contributed by atoms with E-state index in [-0.39, 0.29) is 22.1 Å². The van der Waals surface area contributed by atoms with Crippen LogP contribution < -0.4 is 0 Å². The summed E-state index contributed by atoms with van der Waals surface area (Å²) < 4.78 is 32.8. The van der Waals surface area contributed by atoms with Crippen LogP contribution in [0.15, 0.2) is 88.7 Å². The van der Waals surface area contributed by atoms with Crippen molar-refractivity contribution in [1.29, 1.82) is 0 Å². The van der Waals surface area contributed by atoms with Crippen LogP contribution in [-0.4, -0.2) is 19.4 Å². The van der Waals surface area contributed by atoms with Gasteiger partial charge < -0.3 is 4.74 Å². The minimum Gasteiger partial charge on any atom is -0.459 e. The van der Waals surface area contributed by atoms with Crippen molar-refractivity contribution in [3.05, 3.63) is 89.6 Å². The summed E-state index contributed by atoms with van der Waals surface area (Å²) in [7, 11) is -4.00. The number of ether oxygens (including phenoxy) is 1. The van der Waals surface area contributed by atoms with Crippen molar-refractivity contribution >= 4 is 38.3 Å². The number of hydrogen-bond acceptors (Lipinski definition) is 5. The molecular weight excluding hydrogens is 434 g/mol. The molecule has 4 aromatic rings. The zero-order valence-corrected chi connectivity index (χ0v) is 18.2. The lowest BCUT2D eigenvalue weighted by Gasteiger charge is -2.18. The van der Waals surface area contributed by atoms with Gasteiger partial charge in [-0.2, -0.15) is 0 Å². The molecule has 31 heavy (non-hydrogen) atoms. The number of sulfone groups is 1. The van der Waals surface area contributed by atoms with E-state index >= 15 is 0 Å². The third-order valence-electron chi connectivity index (χ3n) is 4.77. The third kappa shape index (κ3) is 4.17. The maximum atomic E-state index is 13.8. The Labute approximate surface area is 185 Å². The summed E-state index contributed by atoms with van der Waals surface area (Å²) in [5.41, 5.74) is 1.87. The largest absolute Gasteiger partial charge is 0.459 e. The van der Waals surface area contributed by atoms with Crippen LogP contribution in [0.3, 0.4) is 0 Å². The summed E-state index contributed by atoms with van der Waals surface area (Å²) in [6, 6.07) is 22.4. The van der Waals surface area contributed by atoms with E-state index in [1.807, 2.05) is 30.3 Å². The summed E-state index contributed by atoms with van der Waals surface area (Å²) in [6.07, 6.45) is 0. The molecule has 7 heteroatoms. The molecule has 156 valence electrons. The van der Waals surface area contributed by atoms with Gasteiger partial charge in [0.15, 0.2) is 0 Å². The maximum absolute atomic E-state index is 13.8.